The van der Waals surface area contributed by atoms with Crippen molar-refractivity contribution in [3.8, 4) is 5.75 Å². The summed E-state index contributed by atoms with van der Waals surface area (Å²) < 4.78 is 7.71. The molecule has 4 rings (SSSR count). The van der Waals surface area contributed by atoms with Crippen molar-refractivity contribution in [3.63, 3.8) is 0 Å². The minimum absolute atomic E-state index is 0.00293. The van der Waals surface area contributed by atoms with Crippen LogP contribution in [0.3, 0.4) is 0 Å². The smallest absolute Gasteiger partial charge is 0.195 e. The third-order valence-electron chi connectivity index (χ3n) is 5.49. The van der Waals surface area contributed by atoms with E-state index in [2.05, 4.69) is 18.4 Å². The third kappa shape index (κ3) is 2.58. The average molecular weight is 365 g/mol. The van der Waals surface area contributed by atoms with Gasteiger partial charge in [0.1, 0.15) is 18.5 Å². The van der Waals surface area contributed by atoms with Gasteiger partial charge in [-0.15, -0.1) is 0 Å². The molecule has 2 N–H and O–H groups in total. The molecule has 1 atom stereocenters. The van der Waals surface area contributed by atoms with Crippen molar-refractivity contribution in [2.75, 3.05) is 13.2 Å². The van der Waals surface area contributed by atoms with Crippen molar-refractivity contribution in [2.45, 2.75) is 25.4 Å². The van der Waals surface area contributed by atoms with Gasteiger partial charge in [0.05, 0.1) is 12.2 Å². The van der Waals surface area contributed by atoms with Gasteiger partial charge < -0.3 is 19.5 Å². The second kappa shape index (κ2) is 6.22. The number of aliphatic hydroxyl groups is 2. The lowest BCUT2D eigenvalue weighted by molar-refractivity contribution is 0.0535. The first-order chi connectivity index (χ1) is 12.9. The molecule has 5 heteroatoms. The molecule has 0 bridgehead atoms. The van der Waals surface area contributed by atoms with Crippen molar-refractivity contribution in [1.29, 1.82) is 0 Å². The summed E-state index contributed by atoms with van der Waals surface area (Å²) in [4.78, 5) is 13.3. The largest absolute Gasteiger partial charge is 0.491 e. The molecule has 2 aromatic carbocycles. The molecule has 0 unspecified atom stereocenters. The van der Waals surface area contributed by atoms with Gasteiger partial charge in [0, 0.05) is 34.6 Å². The first-order valence-corrected chi connectivity index (χ1v) is 9.05. The number of carbonyl (C=O) groups excluding carboxylic acids is 1. The van der Waals surface area contributed by atoms with Gasteiger partial charge >= 0.3 is 0 Å². The van der Waals surface area contributed by atoms with Gasteiger partial charge in [-0.2, -0.15) is 0 Å². The van der Waals surface area contributed by atoms with E-state index in [1.807, 2.05) is 37.4 Å². The predicted octanol–water partition coefficient (Wildman–Crippen LogP) is 2.78. The summed E-state index contributed by atoms with van der Waals surface area (Å²) >= 11 is 0. The topological polar surface area (TPSA) is 71.7 Å². The summed E-state index contributed by atoms with van der Waals surface area (Å²) in [6, 6.07) is 13.4. The molecule has 0 amide bonds. The Labute approximate surface area is 157 Å². The minimum atomic E-state index is -0.930. The Hall–Kier alpha value is -2.63. The van der Waals surface area contributed by atoms with E-state index in [1.165, 1.54) is 0 Å². The van der Waals surface area contributed by atoms with E-state index in [4.69, 9.17) is 9.84 Å². The number of benzene rings is 2. The average Bonchev–Trinajstić information content (AvgIpc) is 2.98. The van der Waals surface area contributed by atoms with Crippen molar-refractivity contribution < 1.29 is 19.7 Å². The number of hydrogen-bond donors (Lipinski definition) is 2. The molecule has 0 aliphatic heterocycles. The number of rotatable bonds is 4. The number of aromatic nitrogens is 1. The highest BCUT2D eigenvalue weighted by molar-refractivity contribution is 6.20. The standard InChI is InChI=1S/C22H23NO4/c1-22(2)17-10-14(27-12-13(25)11-24)8-9-15(17)20(26)19-16-6-4-5-7-18(16)23(3)21(19)22/h4-10,13,24-25H,11-12H2,1-3H3/t13-/m0/s1. The molecular formula is C22H23NO4. The monoisotopic (exact) mass is 365 g/mol. The number of carbonyl (C=O) groups is 1. The van der Waals surface area contributed by atoms with E-state index in [9.17, 15) is 9.90 Å². The maximum absolute atomic E-state index is 13.3. The van der Waals surface area contributed by atoms with Crippen LogP contribution in [-0.4, -0.2) is 39.9 Å². The quantitative estimate of drug-likeness (QED) is 0.746. The zero-order valence-electron chi connectivity index (χ0n) is 15.7. The zero-order chi connectivity index (χ0) is 19.3. The number of hydrogen-bond acceptors (Lipinski definition) is 4. The molecule has 1 aliphatic carbocycles. The van der Waals surface area contributed by atoms with E-state index in [1.54, 1.807) is 12.1 Å². The van der Waals surface area contributed by atoms with Crippen molar-refractivity contribution >= 4 is 16.7 Å². The van der Waals surface area contributed by atoms with Gasteiger partial charge in [0.25, 0.3) is 0 Å². The fraction of sp³-hybridized carbons (Fsp3) is 0.318. The van der Waals surface area contributed by atoms with Crippen LogP contribution in [0.15, 0.2) is 42.5 Å². The highest BCUT2D eigenvalue weighted by atomic mass is 16.5. The van der Waals surface area contributed by atoms with E-state index in [-0.39, 0.29) is 24.4 Å². The van der Waals surface area contributed by atoms with Crippen LogP contribution in [-0.2, 0) is 12.5 Å². The molecule has 1 aliphatic rings. The lowest BCUT2D eigenvalue weighted by atomic mass is 9.71. The Kier molecular flexibility index (Phi) is 4.09. The number of aliphatic hydroxyl groups excluding tert-OH is 2. The number of ketones is 1. The third-order valence-corrected chi connectivity index (χ3v) is 5.49. The van der Waals surface area contributed by atoms with Gasteiger partial charge in [-0.05, 0) is 29.8 Å². The molecule has 27 heavy (non-hydrogen) atoms. The highest BCUT2D eigenvalue weighted by Gasteiger charge is 2.41. The molecule has 1 heterocycles. The Morgan fingerprint density at radius 1 is 1.19 bits per heavy atom. The van der Waals surface area contributed by atoms with Crippen molar-refractivity contribution in [3.05, 3.63) is 64.8 Å². The van der Waals surface area contributed by atoms with Gasteiger partial charge in [0.2, 0.25) is 0 Å². The number of nitrogens with zero attached hydrogens (tertiary/aromatic N) is 1. The summed E-state index contributed by atoms with van der Waals surface area (Å²) in [5.74, 6) is 0.599. The molecule has 0 fully saturated rings. The number of aryl methyl sites for hydroxylation is 1. The van der Waals surface area contributed by atoms with Gasteiger partial charge in [0.15, 0.2) is 5.78 Å². The Morgan fingerprint density at radius 3 is 2.67 bits per heavy atom. The summed E-state index contributed by atoms with van der Waals surface area (Å²) in [7, 11) is 2.00. The van der Waals surface area contributed by atoms with E-state index in [0.717, 1.165) is 27.7 Å². The SMILES string of the molecule is Cn1c2c(c3ccccc31)C(=O)c1ccc(OC[C@@H](O)CO)cc1C2(C)C. The van der Waals surface area contributed by atoms with Crippen LogP contribution in [0, 0.1) is 0 Å². The summed E-state index contributed by atoms with van der Waals surface area (Å²) in [5.41, 5.74) is 4.00. The van der Waals surface area contributed by atoms with Crippen LogP contribution < -0.4 is 4.74 Å². The maximum atomic E-state index is 13.3. The molecule has 140 valence electrons. The van der Waals surface area contributed by atoms with Crippen LogP contribution in [0.1, 0.15) is 41.0 Å². The molecule has 0 radical (unpaired) electrons. The van der Waals surface area contributed by atoms with E-state index in [0.29, 0.717) is 11.3 Å². The lowest BCUT2D eigenvalue weighted by Gasteiger charge is -2.34. The van der Waals surface area contributed by atoms with E-state index >= 15 is 0 Å². The first kappa shape index (κ1) is 17.8. The number of ether oxygens (including phenoxy) is 1. The number of fused-ring (bicyclic) bond motifs is 4. The second-order valence-corrected chi connectivity index (χ2v) is 7.61. The Bertz CT molecular complexity index is 1050. The van der Waals surface area contributed by atoms with Crippen molar-refractivity contribution in [1.82, 2.24) is 4.57 Å². The fourth-order valence-corrected chi connectivity index (χ4v) is 4.19. The summed E-state index contributed by atoms with van der Waals surface area (Å²) in [5, 5.41) is 19.4. The highest BCUT2D eigenvalue weighted by Crippen LogP contribution is 2.45. The van der Waals surface area contributed by atoms with Crippen LogP contribution >= 0.6 is 0 Å². The van der Waals surface area contributed by atoms with Crippen LogP contribution in [0.2, 0.25) is 0 Å². The Balaban J connectivity index is 1.87. The predicted molar refractivity (Wildman–Crippen MR) is 104 cm³/mol. The zero-order valence-corrected chi connectivity index (χ0v) is 15.7. The normalized spacial score (nSPS) is 16.1. The first-order valence-electron chi connectivity index (χ1n) is 9.05. The van der Waals surface area contributed by atoms with Gasteiger partial charge in [-0.3, -0.25) is 4.79 Å². The second-order valence-electron chi connectivity index (χ2n) is 7.61. The molecule has 0 saturated heterocycles. The minimum Gasteiger partial charge on any atom is -0.491 e. The lowest BCUT2D eigenvalue weighted by Crippen LogP contribution is -2.32. The maximum Gasteiger partial charge on any atom is 0.195 e. The van der Waals surface area contributed by atoms with Crippen LogP contribution in [0.5, 0.6) is 5.75 Å². The Morgan fingerprint density at radius 2 is 1.93 bits per heavy atom. The van der Waals surface area contributed by atoms with E-state index < -0.39 is 6.10 Å². The molecule has 3 aromatic rings. The molecule has 0 saturated carbocycles. The molecule has 5 nitrogen and oxygen atoms in total. The van der Waals surface area contributed by atoms with Gasteiger partial charge in [-0.25, -0.2) is 0 Å². The number of para-hydroxylation sites is 1. The van der Waals surface area contributed by atoms with Crippen molar-refractivity contribution in [2.24, 2.45) is 7.05 Å². The van der Waals surface area contributed by atoms with Gasteiger partial charge in [-0.1, -0.05) is 32.0 Å². The fourth-order valence-electron chi connectivity index (χ4n) is 4.19. The molecule has 0 spiro atoms. The summed E-state index contributed by atoms with van der Waals surface area (Å²) in [6.07, 6.45) is -0.930. The van der Waals surface area contributed by atoms with Crippen LogP contribution in [0.25, 0.3) is 10.9 Å². The summed E-state index contributed by atoms with van der Waals surface area (Å²) in [6.45, 7) is 3.88. The molecule has 1 aromatic heterocycles. The molecular weight excluding hydrogens is 342 g/mol. The van der Waals surface area contributed by atoms with Crippen LogP contribution in [0.4, 0.5) is 0 Å².